The Bertz CT molecular complexity index is 360. The molecule has 0 radical (unpaired) electrons. The third kappa shape index (κ3) is 5.65. The molecule has 0 bridgehead atoms. The van der Waals surface area contributed by atoms with E-state index in [9.17, 15) is 0 Å². The van der Waals surface area contributed by atoms with Gasteiger partial charge in [0.15, 0.2) is 5.96 Å². The molecule has 0 aliphatic carbocycles. The van der Waals surface area contributed by atoms with Crippen molar-refractivity contribution in [3.8, 4) is 0 Å². The Morgan fingerprint density at radius 3 is 2.78 bits per heavy atom. The molecule has 0 fully saturated rings. The van der Waals surface area contributed by atoms with Crippen molar-refractivity contribution in [2.75, 3.05) is 13.6 Å². The molecule has 7 heteroatoms. The van der Waals surface area contributed by atoms with Gasteiger partial charge in [-0.15, -0.1) is 34.2 Å². The monoisotopic (exact) mass is 366 g/mol. The van der Waals surface area contributed by atoms with Crippen LogP contribution in [0.15, 0.2) is 11.3 Å². The fourth-order valence-electron chi connectivity index (χ4n) is 1.50. The van der Waals surface area contributed by atoms with Gasteiger partial charge in [0.1, 0.15) is 12.2 Å². The molecule has 104 valence electrons. The lowest BCUT2D eigenvalue weighted by molar-refractivity contribution is 0.623. The SMILES string of the molecule is CCc1nncn1CCNC(=NC)NC(C)C.I. The average Bonchev–Trinajstić information content (AvgIpc) is 2.74. The summed E-state index contributed by atoms with van der Waals surface area (Å²) >= 11 is 0. The molecule has 0 saturated heterocycles. The predicted octanol–water partition coefficient (Wildman–Crippen LogP) is 1.03. The maximum atomic E-state index is 4.14. The molecule has 1 heterocycles. The molecule has 1 rings (SSSR count). The molecule has 6 nitrogen and oxygen atoms in total. The quantitative estimate of drug-likeness (QED) is 0.464. The van der Waals surface area contributed by atoms with Crippen LogP contribution >= 0.6 is 24.0 Å². The van der Waals surface area contributed by atoms with Crippen molar-refractivity contribution in [1.29, 1.82) is 0 Å². The summed E-state index contributed by atoms with van der Waals surface area (Å²) in [4.78, 5) is 4.14. The van der Waals surface area contributed by atoms with Gasteiger partial charge in [0.05, 0.1) is 0 Å². The molecule has 1 aromatic rings. The molecule has 0 aromatic carbocycles. The fraction of sp³-hybridized carbons (Fsp3) is 0.727. The van der Waals surface area contributed by atoms with Gasteiger partial charge < -0.3 is 15.2 Å². The summed E-state index contributed by atoms with van der Waals surface area (Å²) in [5.41, 5.74) is 0. The molecular formula is C11H23IN6. The maximum absolute atomic E-state index is 4.14. The second kappa shape index (κ2) is 9.12. The van der Waals surface area contributed by atoms with E-state index in [-0.39, 0.29) is 24.0 Å². The van der Waals surface area contributed by atoms with E-state index in [0.29, 0.717) is 6.04 Å². The average molecular weight is 366 g/mol. The number of rotatable bonds is 5. The molecule has 0 aliphatic rings. The van der Waals surface area contributed by atoms with Crippen LogP contribution in [0.1, 0.15) is 26.6 Å². The largest absolute Gasteiger partial charge is 0.355 e. The minimum Gasteiger partial charge on any atom is -0.355 e. The molecule has 2 N–H and O–H groups in total. The first-order valence-electron chi connectivity index (χ1n) is 6.01. The van der Waals surface area contributed by atoms with Crippen LogP contribution in [0.3, 0.4) is 0 Å². The molecule has 0 saturated carbocycles. The second-order valence-corrected chi connectivity index (χ2v) is 4.09. The standard InChI is InChI=1S/C11H22N6.HI/c1-5-10-16-14-8-17(10)7-6-13-11(12-4)15-9(2)3;/h8-9H,5-7H2,1-4H3,(H2,12,13,15);1H. The number of hydrogen-bond donors (Lipinski definition) is 2. The van der Waals surface area contributed by atoms with E-state index in [1.807, 2.05) is 0 Å². The van der Waals surface area contributed by atoms with Crippen LogP contribution in [0.4, 0.5) is 0 Å². The lowest BCUT2D eigenvalue weighted by Gasteiger charge is -2.14. The highest BCUT2D eigenvalue weighted by Gasteiger charge is 2.02. The van der Waals surface area contributed by atoms with Crippen LogP contribution in [0.25, 0.3) is 0 Å². The van der Waals surface area contributed by atoms with Crippen molar-refractivity contribution < 1.29 is 0 Å². The Balaban J connectivity index is 0.00000289. The number of guanidine groups is 1. The topological polar surface area (TPSA) is 67.1 Å². The highest BCUT2D eigenvalue weighted by molar-refractivity contribution is 14.0. The highest BCUT2D eigenvalue weighted by Crippen LogP contribution is 1.94. The van der Waals surface area contributed by atoms with Gasteiger partial charge in [-0.05, 0) is 13.8 Å². The molecule has 0 aliphatic heterocycles. The molecule has 0 atom stereocenters. The van der Waals surface area contributed by atoms with Gasteiger partial charge >= 0.3 is 0 Å². The van der Waals surface area contributed by atoms with Crippen LogP contribution < -0.4 is 10.6 Å². The van der Waals surface area contributed by atoms with Gasteiger partial charge in [-0.25, -0.2) is 0 Å². The van der Waals surface area contributed by atoms with Gasteiger partial charge in [0.25, 0.3) is 0 Å². The fourth-order valence-corrected chi connectivity index (χ4v) is 1.50. The van der Waals surface area contributed by atoms with Gasteiger partial charge in [0, 0.05) is 32.6 Å². The van der Waals surface area contributed by atoms with E-state index in [0.717, 1.165) is 31.3 Å². The number of aliphatic imine (C=N–C) groups is 1. The van der Waals surface area contributed by atoms with E-state index in [1.165, 1.54) is 0 Å². The number of aromatic nitrogens is 3. The summed E-state index contributed by atoms with van der Waals surface area (Å²) in [5.74, 6) is 1.84. The molecule has 0 amide bonds. The smallest absolute Gasteiger partial charge is 0.191 e. The minimum absolute atomic E-state index is 0. The Morgan fingerprint density at radius 2 is 2.22 bits per heavy atom. The Hall–Kier alpha value is -0.860. The van der Waals surface area contributed by atoms with Crippen molar-refractivity contribution in [2.24, 2.45) is 4.99 Å². The highest BCUT2D eigenvalue weighted by atomic mass is 127. The van der Waals surface area contributed by atoms with Crippen molar-refractivity contribution in [3.63, 3.8) is 0 Å². The normalized spacial score (nSPS) is 11.3. The van der Waals surface area contributed by atoms with E-state index in [1.54, 1.807) is 13.4 Å². The van der Waals surface area contributed by atoms with Crippen LogP contribution in [-0.2, 0) is 13.0 Å². The lowest BCUT2D eigenvalue weighted by Crippen LogP contribution is -2.42. The zero-order valence-corrected chi connectivity index (χ0v) is 13.8. The van der Waals surface area contributed by atoms with Crippen molar-refractivity contribution in [1.82, 2.24) is 25.4 Å². The first kappa shape index (κ1) is 17.1. The van der Waals surface area contributed by atoms with Crippen LogP contribution in [0.5, 0.6) is 0 Å². The van der Waals surface area contributed by atoms with Gasteiger partial charge in [-0.1, -0.05) is 6.92 Å². The van der Waals surface area contributed by atoms with Crippen molar-refractivity contribution in [3.05, 3.63) is 12.2 Å². The summed E-state index contributed by atoms with van der Waals surface area (Å²) in [7, 11) is 1.77. The van der Waals surface area contributed by atoms with Crippen molar-refractivity contribution in [2.45, 2.75) is 39.8 Å². The first-order chi connectivity index (χ1) is 8.17. The summed E-state index contributed by atoms with van der Waals surface area (Å²) in [5, 5.41) is 14.4. The van der Waals surface area contributed by atoms with E-state index in [4.69, 9.17) is 0 Å². The first-order valence-corrected chi connectivity index (χ1v) is 6.01. The molecule has 0 spiro atoms. The summed E-state index contributed by atoms with van der Waals surface area (Å²) in [6.45, 7) is 7.89. The van der Waals surface area contributed by atoms with Crippen LogP contribution in [0.2, 0.25) is 0 Å². The van der Waals surface area contributed by atoms with E-state index < -0.39 is 0 Å². The zero-order valence-electron chi connectivity index (χ0n) is 11.5. The third-order valence-corrected chi connectivity index (χ3v) is 2.31. The summed E-state index contributed by atoms with van der Waals surface area (Å²) in [6, 6.07) is 0.377. The lowest BCUT2D eigenvalue weighted by atomic mass is 10.4. The molecule has 1 aromatic heterocycles. The molecule has 18 heavy (non-hydrogen) atoms. The number of halogens is 1. The number of nitrogens with zero attached hydrogens (tertiary/aromatic N) is 4. The summed E-state index contributed by atoms with van der Waals surface area (Å²) < 4.78 is 2.05. The molecule has 0 unspecified atom stereocenters. The van der Waals surface area contributed by atoms with Gasteiger partial charge in [-0.2, -0.15) is 0 Å². The predicted molar refractivity (Wildman–Crippen MR) is 84.4 cm³/mol. The van der Waals surface area contributed by atoms with Crippen LogP contribution in [-0.4, -0.2) is 40.4 Å². The summed E-state index contributed by atoms with van der Waals surface area (Å²) in [6.07, 6.45) is 2.66. The Morgan fingerprint density at radius 1 is 1.50 bits per heavy atom. The number of hydrogen-bond acceptors (Lipinski definition) is 3. The maximum Gasteiger partial charge on any atom is 0.191 e. The van der Waals surface area contributed by atoms with E-state index in [2.05, 4.69) is 51.2 Å². The van der Waals surface area contributed by atoms with E-state index >= 15 is 0 Å². The molecular weight excluding hydrogens is 343 g/mol. The van der Waals surface area contributed by atoms with Crippen molar-refractivity contribution >= 4 is 29.9 Å². The second-order valence-electron chi connectivity index (χ2n) is 4.09. The Kier molecular flexibility index (Phi) is 8.69. The number of aryl methyl sites for hydroxylation is 1. The van der Waals surface area contributed by atoms with Gasteiger partial charge in [0.2, 0.25) is 0 Å². The van der Waals surface area contributed by atoms with Crippen LogP contribution in [0, 0.1) is 0 Å². The Labute approximate surface area is 126 Å². The third-order valence-electron chi connectivity index (χ3n) is 2.31. The number of nitrogens with one attached hydrogen (secondary N) is 2. The zero-order chi connectivity index (χ0) is 12.7. The van der Waals surface area contributed by atoms with Gasteiger partial charge in [-0.3, -0.25) is 4.99 Å². The minimum atomic E-state index is 0.